The van der Waals surface area contributed by atoms with Crippen LogP contribution in [0, 0.1) is 10.2 Å². The van der Waals surface area contributed by atoms with Crippen molar-refractivity contribution in [3.8, 4) is 0 Å². The molecule has 0 bridgehead atoms. The third kappa shape index (κ3) is 8.39. The first-order valence-corrected chi connectivity index (χ1v) is 19.4. The predicted octanol–water partition coefficient (Wildman–Crippen LogP) is 6.14. The molecule has 2 heterocycles. The monoisotopic (exact) mass is 723 g/mol. The molecule has 0 fully saturated rings. The van der Waals surface area contributed by atoms with Crippen LogP contribution in [0.25, 0.3) is 16.3 Å². The molecule has 0 N–H and O–H groups in total. The Morgan fingerprint density at radius 3 is 2.04 bits per heavy atom. The van der Waals surface area contributed by atoms with Crippen molar-refractivity contribution in [2.24, 2.45) is 0 Å². The summed E-state index contributed by atoms with van der Waals surface area (Å²) < 4.78 is 37.7. The number of para-hydroxylation sites is 4. The number of aromatic nitrogens is 1. The van der Waals surface area contributed by atoms with Crippen molar-refractivity contribution in [1.29, 1.82) is 0 Å². The van der Waals surface area contributed by atoms with Crippen molar-refractivity contribution in [2.75, 3.05) is 16.3 Å². The Kier molecular flexibility index (Phi) is 11.6. The van der Waals surface area contributed by atoms with Crippen molar-refractivity contribution in [3.05, 3.63) is 154 Å². The lowest BCUT2D eigenvalue weighted by Crippen LogP contribution is -2.68. The fourth-order valence-electron chi connectivity index (χ4n) is 6.44. The summed E-state index contributed by atoms with van der Waals surface area (Å²) in [6, 6.07) is 39.2. The normalized spacial score (nSPS) is 16.3. The van der Waals surface area contributed by atoms with Crippen molar-refractivity contribution in [3.63, 3.8) is 0 Å². The Morgan fingerprint density at radius 1 is 0.760 bits per heavy atom. The average Bonchev–Trinajstić information content (AvgIpc) is 3.68. The van der Waals surface area contributed by atoms with Gasteiger partial charge in [-0.2, -0.15) is 4.57 Å². The van der Waals surface area contributed by atoms with E-state index in [1.807, 2.05) is 23.1 Å². The number of thiazole rings is 1. The van der Waals surface area contributed by atoms with Gasteiger partial charge in [0.15, 0.2) is 0 Å². The second-order valence-electron chi connectivity index (χ2n) is 11.6. The number of aryl methyl sites for hydroxylation is 1. The fraction of sp³-hybridized carbons (Fsp3) is 0.175. The Hall–Kier alpha value is -4.19. The summed E-state index contributed by atoms with van der Waals surface area (Å²) in [5.74, 6) is 0. The molecule has 0 saturated carbocycles. The van der Waals surface area contributed by atoms with E-state index < -0.39 is 10.2 Å². The van der Waals surface area contributed by atoms with Crippen molar-refractivity contribution >= 4 is 56.5 Å². The number of hydrogen-bond acceptors (Lipinski definition) is 8. The van der Waals surface area contributed by atoms with E-state index in [1.165, 1.54) is 59.1 Å². The third-order valence-electron chi connectivity index (χ3n) is 8.51. The van der Waals surface area contributed by atoms with E-state index in [0.29, 0.717) is 0 Å². The molecule has 1 aliphatic carbocycles. The maximum atomic E-state index is 8.49. The minimum absolute atomic E-state index is 0.947. The molecule has 1 aliphatic heterocycles. The number of anilines is 3. The van der Waals surface area contributed by atoms with Gasteiger partial charge >= 0.3 is 0 Å². The summed E-state index contributed by atoms with van der Waals surface area (Å²) in [5.41, 5.74) is 8.99. The van der Waals surface area contributed by atoms with E-state index in [0.717, 1.165) is 32.4 Å². The quantitative estimate of drug-likeness (QED) is 0.177. The lowest BCUT2D eigenvalue weighted by molar-refractivity contribution is -2.00. The third-order valence-corrected chi connectivity index (χ3v) is 10.8. The highest BCUT2D eigenvalue weighted by Gasteiger charge is 2.26. The topological polar surface area (TPSA) is 103 Å². The Morgan fingerprint density at radius 2 is 1.38 bits per heavy atom. The molecule has 0 saturated heterocycles. The number of fused-ring (bicyclic) bond motifs is 2. The van der Waals surface area contributed by atoms with Crippen LogP contribution >= 0.6 is 23.1 Å². The first-order valence-electron chi connectivity index (χ1n) is 16.6. The Balaban J connectivity index is 0.000000808. The Labute approximate surface area is 303 Å². The van der Waals surface area contributed by atoms with Gasteiger partial charge < -0.3 is 9.80 Å². The molecule has 0 unspecified atom stereocenters. The van der Waals surface area contributed by atoms with E-state index in [1.54, 1.807) is 0 Å². The van der Waals surface area contributed by atoms with Crippen LogP contribution in [0.4, 0.5) is 17.1 Å². The zero-order valence-corrected chi connectivity index (χ0v) is 30.3. The predicted molar refractivity (Wildman–Crippen MR) is 194 cm³/mol. The maximum Gasteiger partial charge on any atom is 0.262 e. The van der Waals surface area contributed by atoms with Gasteiger partial charge in [-0.3, -0.25) is 0 Å². The van der Waals surface area contributed by atoms with Gasteiger partial charge in [-0.15, -0.1) is 10.2 Å². The van der Waals surface area contributed by atoms with Crippen molar-refractivity contribution in [2.45, 2.75) is 44.6 Å². The first-order chi connectivity index (χ1) is 24.2. The van der Waals surface area contributed by atoms with E-state index in [9.17, 15) is 0 Å². The van der Waals surface area contributed by atoms with Crippen LogP contribution in [0.5, 0.6) is 0 Å². The molecule has 0 radical (unpaired) electrons. The van der Waals surface area contributed by atoms with Crippen molar-refractivity contribution in [1.82, 2.24) is 0 Å². The van der Waals surface area contributed by atoms with Crippen molar-refractivity contribution < 1.29 is 33.4 Å². The molecule has 256 valence electrons. The summed E-state index contributed by atoms with van der Waals surface area (Å²) in [7, 11) is -4.94. The summed E-state index contributed by atoms with van der Waals surface area (Å²) in [4.78, 5) is 6.23. The van der Waals surface area contributed by atoms with E-state index >= 15 is 0 Å². The minimum atomic E-state index is -4.94. The van der Waals surface area contributed by atoms with E-state index in [4.69, 9.17) is 18.6 Å². The lowest BCUT2D eigenvalue weighted by Gasteiger charge is -2.34. The zero-order valence-electron chi connectivity index (χ0n) is 27.9. The lowest BCUT2D eigenvalue weighted by atomic mass is 9.89. The van der Waals surface area contributed by atoms with Gasteiger partial charge in [-0.05, 0) is 98.9 Å². The van der Waals surface area contributed by atoms with Crippen LogP contribution in [-0.4, -0.2) is 6.54 Å². The standard InChI is InChI=1S/C40H38N3S2.ClHO4/c1-3-41-34-22-11-13-24-36(34)44-38(41)28-26-30-16-15-17-31(27-29-39-42(4-2)35-23-12-14-25-37(35)45-39)40(30)43(32-18-7-5-8-19-32)33-20-9-6-10-21-33;2-1(3,4)5/h5-14,18-29H,3-4,15-17H2,1-2H3;(H,2,3,4,5)/q+1;/p-1. The molecule has 7 nitrogen and oxygen atoms in total. The highest BCUT2D eigenvalue weighted by atomic mass is 35.7. The largest absolute Gasteiger partial charge is 0.335 e. The molecule has 5 aromatic rings. The zero-order chi connectivity index (χ0) is 35.1. The fourth-order valence-corrected chi connectivity index (χ4v) is 8.69. The first kappa shape index (κ1) is 35.6. The van der Waals surface area contributed by atoms with Gasteiger partial charge in [-0.25, -0.2) is 18.6 Å². The number of rotatable bonds is 8. The maximum absolute atomic E-state index is 8.49. The summed E-state index contributed by atoms with van der Waals surface area (Å²) in [6.07, 6.45) is 12.7. The van der Waals surface area contributed by atoms with Crippen LogP contribution < -0.4 is 33.0 Å². The molecular weight excluding hydrogens is 686 g/mol. The number of nitrogens with zero attached hydrogens (tertiary/aromatic N) is 3. The number of thioether (sulfide) groups is 1. The molecule has 10 heteroatoms. The number of allylic oxidation sites excluding steroid dienone is 5. The van der Waals surface area contributed by atoms with Gasteiger partial charge in [0.05, 0.1) is 16.4 Å². The van der Waals surface area contributed by atoms with Gasteiger partial charge in [0.1, 0.15) is 11.2 Å². The van der Waals surface area contributed by atoms with Gasteiger partial charge in [-0.1, -0.05) is 89.8 Å². The summed E-state index contributed by atoms with van der Waals surface area (Å²) in [5, 5.41) is 2.57. The number of hydrogen-bond donors (Lipinski definition) is 0. The van der Waals surface area contributed by atoms with Crippen LogP contribution in [0.15, 0.2) is 154 Å². The molecular formula is C40H38ClN3O4S2. The molecule has 0 atom stereocenters. The van der Waals surface area contributed by atoms with Crippen LogP contribution in [0.3, 0.4) is 0 Å². The molecule has 0 amide bonds. The van der Waals surface area contributed by atoms with Crippen LogP contribution in [0.2, 0.25) is 0 Å². The van der Waals surface area contributed by atoms with E-state index in [-0.39, 0.29) is 0 Å². The van der Waals surface area contributed by atoms with Crippen LogP contribution in [0.1, 0.15) is 38.1 Å². The molecule has 4 aromatic carbocycles. The van der Waals surface area contributed by atoms with Gasteiger partial charge in [0.25, 0.3) is 5.01 Å². The minimum Gasteiger partial charge on any atom is -0.335 e. The molecule has 2 aliphatic rings. The Bertz CT molecular complexity index is 2010. The molecule has 0 spiro atoms. The van der Waals surface area contributed by atoms with Gasteiger partial charge in [0, 0.05) is 35.0 Å². The smallest absolute Gasteiger partial charge is 0.262 e. The second-order valence-corrected chi connectivity index (χ2v) is 14.5. The number of benzene rings is 4. The van der Waals surface area contributed by atoms with Gasteiger partial charge in [0.2, 0.25) is 5.52 Å². The molecule has 50 heavy (non-hydrogen) atoms. The molecule has 1 aromatic heterocycles. The average molecular weight is 724 g/mol. The highest BCUT2D eigenvalue weighted by molar-refractivity contribution is 8.03. The summed E-state index contributed by atoms with van der Waals surface area (Å²) >= 11 is 3.74. The summed E-state index contributed by atoms with van der Waals surface area (Å²) in [6.45, 7) is 6.37. The SMILES string of the molecule is CCN1C(=CC=C2CCCC(C=Cc3sc4ccccc4[n+]3CC)=C2N(c2ccccc2)c2ccccc2)Sc2ccccc21.[O-][Cl+3]([O-])([O-])[O-]. The number of halogens is 1. The second kappa shape index (κ2) is 16.2. The highest BCUT2D eigenvalue weighted by Crippen LogP contribution is 2.46. The van der Waals surface area contributed by atoms with Crippen LogP contribution in [-0.2, 0) is 6.54 Å². The molecule has 7 rings (SSSR count). The van der Waals surface area contributed by atoms with E-state index in [2.05, 4.69) is 162 Å².